The fourth-order valence-corrected chi connectivity index (χ4v) is 2.29. The van der Waals surface area contributed by atoms with Crippen LogP contribution in [-0.4, -0.2) is 21.1 Å². The van der Waals surface area contributed by atoms with E-state index in [0.29, 0.717) is 0 Å². The summed E-state index contributed by atoms with van der Waals surface area (Å²) >= 11 is 0. The van der Waals surface area contributed by atoms with Crippen LogP contribution in [0.15, 0.2) is 72.8 Å². The van der Waals surface area contributed by atoms with Crippen LogP contribution in [0.5, 0.6) is 0 Å². The molecule has 28 heavy (non-hydrogen) atoms. The predicted molar refractivity (Wildman–Crippen MR) is 121 cm³/mol. The fourth-order valence-electron chi connectivity index (χ4n) is 2.29. The van der Waals surface area contributed by atoms with Gasteiger partial charge in [-0.25, -0.2) is 0 Å². The topological polar surface area (TPSA) is 36.1 Å². The van der Waals surface area contributed by atoms with Gasteiger partial charge in [0.1, 0.15) is 0 Å². The monoisotopic (exact) mass is 499 g/mol. The van der Waals surface area contributed by atoms with E-state index >= 15 is 0 Å². The molecule has 0 bridgehead atoms. The Balaban J connectivity index is 0.000000384. The van der Waals surface area contributed by atoms with Crippen molar-refractivity contribution in [3.05, 3.63) is 110 Å². The van der Waals surface area contributed by atoms with Crippen LogP contribution in [0.3, 0.4) is 0 Å². The molecule has 0 spiro atoms. The molecule has 3 aromatic carbocycles. The predicted octanol–water partition coefficient (Wildman–Crippen LogP) is 5.73. The van der Waals surface area contributed by atoms with Crippen molar-refractivity contribution in [2.45, 2.75) is 0 Å². The van der Waals surface area contributed by atoms with E-state index in [1.165, 1.54) is 0 Å². The van der Waals surface area contributed by atoms with Crippen LogP contribution in [0.25, 0.3) is 0 Å². The van der Waals surface area contributed by atoms with Gasteiger partial charge < -0.3 is 16.0 Å². The van der Waals surface area contributed by atoms with Gasteiger partial charge >= 0.3 is 35.6 Å². The van der Waals surface area contributed by atoms with Gasteiger partial charge in [-0.05, 0) is 21.1 Å². The van der Waals surface area contributed by atoms with Crippen LogP contribution in [0.1, 0.15) is 16.7 Å². The molecule has 4 heteroatoms. The average molecular weight is 499 g/mol. The molecule has 0 aliphatic carbocycles. The van der Waals surface area contributed by atoms with E-state index in [9.17, 15) is 0 Å². The summed E-state index contributed by atoms with van der Waals surface area (Å²) in [4.78, 5) is 0. The van der Waals surface area contributed by atoms with E-state index in [1.807, 2.05) is 93.9 Å². The van der Waals surface area contributed by atoms with Crippen molar-refractivity contribution in [2.24, 2.45) is 0 Å². The van der Waals surface area contributed by atoms with Gasteiger partial charge in [-0.2, -0.15) is 55.7 Å². The third-order valence-electron chi connectivity index (χ3n) is 3.86. The van der Waals surface area contributed by atoms with Crippen LogP contribution in [0.2, 0.25) is 0 Å². The quantitative estimate of drug-likeness (QED) is 0.403. The molecule has 0 amide bonds. The Bertz CT molecular complexity index is 695. The molecule has 3 nitrogen and oxygen atoms in total. The summed E-state index contributed by atoms with van der Waals surface area (Å²) in [5.74, 6) is 0. The molecule has 0 radical (unpaired) electrons. The number of hydrogen-bond donors (Lipinski definition) is 3. The molecule has 0 aliphatic heterocycles. The maximum Gasteiger partial charge on any atom is 3.00 e. The Morgan fingerprint density at radius 3 is 0.821 bits per heavy atom. The van der Waals surface area contributed by atoms with Crippen LogP contribution >= 0.6 is 0 Å². The number of anilines is 3. The van der Waals surface area contributed by atoms with Gasteiger partial charge in [0, 0.05) is 0 Å². The zero-order chi connectivity index (χ0) is 20.1. The second-order valence-corrected chi connectivity index (χ2v) is 5.72. The van der Waals surface area contributed by atoms with E-state index < -0.39 is 0 Å². The molecule has 0 heterocycles. The SMILES string of the molecule is [CH2-]c1ccccc1NC.[CH2-]c1ccccc1NC.[CH2-]c1ccccc1NC.[La+3]. The van der Waals surface area contributed by atoms with Gasteiger partial charge in [0.15, 0.2) is 0 Å². The summed E-state index contributed by atoms with van der Waals surface area (Å²) in [6, 6.07) is 23.8. The van der Waals surface area contributed by atoms with Crippen molar-refractivity contribution < 1.29 is 35.6 Å². The Hall–Kier alpha value is -2.14. The number of hydrogen-bond acceptors (Lipinski definition) is 3. The van der Waals surface area contributed by atoms with Crippen molar-refractivity contribution >= 4 is 17.1 Å². The van der Waals surface area contributed by atoms with Gasteiger partial charge in [0.05, 0.1) is 0 Å². The van der Waals surface area contributed by atoms with Crippen LogP contribution in [-0.2, 0) is 0 Å². The molecule has 0 aliphatic rings. The van der Waals surface area contributed by atoms with Gasteiger partial charge in [-0.1, -0.05) is 53.5 Å². The minimum absolute atomic E-state index is 0. The molecule has 3 rings (SSSR count). The van der Waals surface area contributed by atoms with Crippen LogP contribution in [0, 0.1) is 56.4 Å². The molecule has 0 fully saturated rings. The number of nitrogens with one attached hydrogen (secondary N) is 3. The third kappa shape index (κ3) is 9.18. The van der Waals surface area contributed by atoms with Crippen molar-refractivity contribution in [3.8, 4) is 0 Å². The maximum atomic E-state index is 3.83. The minimum atomic E-state index is 0. The molecule has 0 saturated heterocycles. The average Bonchev–Trinajstić information content (AvgIpc) is 2.70. The second kappa shape index (κ2) is 14.9. The summed E-state index contributed by atoms with van der Waals surface area (Å²) in [5.41, 5.74) is 6.41. The molecular formula is C24H30LaN3. The summed E-state index contributed by atoms with van der Waals surface area (Å²) < 4.78 is 0. The van der Waals surface area contributed by atoms with Gasteiger partial charge in [0.2, 0.25) is 0 Å². The first kappa shape index (κ1) is 25.9. The molecule has 3 aromatic rings. The second-order valence-electron chi connectivity index (χ2n) is 5.72. The standard InChI is InChI=1S/3C8H10N.La/c3*1-7-5-3-4-6-8(7)9-2;/h3*3-6,9H,1H2,2H3;/q3*-1;+3. The zero-order valence-corrected chi connectivity index (χ0v) is 20.8. The summed E-state index contributed by atoms with van der Waals surface area (Å²) in [6.07, 6.45) is 0. The fraction of sp³-hybridized carbons (Fsp3) is 0.125. The zero-order valence-electron chi connectivity index (χ0n) is 17.1. The van der Waals surface area contributed by atoms with Crippen molar-refractivity contribution in [3.63, 3.8) is 0 Å². The molecule has 0 aromatic heterocycles. The minimum Gasteiger partial charge on any atom is -0.439 e. The van der Waals surface area contributed by atoms with E-state index in [4.69, 9.17) is 0 Å². The summed E-state index contributed by atoms with van der Waals surface area (Å²) in [5, 5.41) is 9.10. The summed E-state index contributed by atoms with van der Waals surface area (Å²) in [6.45, 7) is 11.5. The third-order valence-corrected chi connectivity index (χ3v) is 3.86. The molecule has 0 atom stereocenters. The molecule has 144 valence electrons. The Morgan fingerprint density at radius 1 is 0.464 bits per heavy atom. The van der Waals surface area contributed by atoms with E-state index in [-0.39, 0.29) is 35.6 Å². The normalized spacial score (nSPS) is 8.68. The molecule has 0 saturated carbocycles. The summed E-state index contributed by atoms with van der Waals surface area (Å²) in [7, 11) is 5.68. The number of para-hydroxylation sites is 3. The van der Waals surface area contributed by atoms with E-state index in [0.717, 1.165) is 33.8 Å². The Morgan fingerprint density at radius 2 is 0.679 bits per heavy atom. The first-order valence-corrected chi connectivity index (χ1v) is 8.79. The number of rotatable bonds is 3. The van der Waals surface area contributed by atoms with Gasteiger partial charge in [-0.15, -0.1) is 18.2 Å². The van der Waals surface area contributed by atoms with E-state index in [2.05, 4.69) is 36.7 Å². The Labute approximate surface area is 199 Å². The van der Waals surface area contributed by atoms with Crippen molar-refractivity contribution in [1.82, 2.24) is 0 Å². The molecule has 0 unspecified atom stereocenters. The van der Waals surface area contributed by atoms with Crippen LogP contribution < -0.4 is 16.0 Å². The largest absolute Gasteiger partial charge is 3.00 e. The first-order valence-electron chi connectivity index (χ1n) is 8.79. The molecule has 3 N–H and O–H groups in total. The first-order chi connectivity index (χ1) is 13.0. The van der Waals surface area contributed by atoms with E-state index in [1.54, 1.807) is 0 Å². The van der Waals surface area contributed by atoms with Crippen molar-refractivity contribution in [2.75, 3.05) is 37.1 Å². The van der Waals surface area contributed by atoms with Crippen LogP contribution in [0.4, 0.5) is 17.1 Å². The Kier molecular flexibility index (Phi) is 13.7. The van der Waals surface area contributed by atoms with Gasteiger partial charge in [0.25, 0.3) is 0 Å². The van der Waals surface area contributed by atoms with Crippen molar-refractivity contribution in [1.29, 1.82) is 0 Å². The van der Waals surface area contributed by atoms with Gasteiger partial charge in [-0.3, -0.25) is 0 Å². The smallest absolute Gasteiger partial charge is 0.439 e. The number of benzene rings is 3. The molecular weight excluding hydrogens is 469 g/mol. The maximum absolute atomic E-state index is 3.83.